The van der Waals surface area contributed by atoms with Gasteiger partial charge in [0.15, 0.2) is 17.4 Å². The molecule has 6 rings (SSSR count). The van der Waals surface area contributed by atoms with E-state index in [0.29, 0.717) is 18.8 Å². The lowest BCUT2D eigenvalue weighted by Crippen LogP contribution is -2.54. The normalized spacial score (nSPS) is 22.4. The highest BCUT2D eigenvalue weighted by Crippen LogP contribution is 2.46. The number of anilines is 1. The molecule has 1 aromatic carbocycles. The highest BCUT2D eigenvalue weighted by atomic mass is 19.1. The maximum atomic E-state index is 14.6. The van der Waals surface area contributed by atoms with E-state index in [-0.39, 0.29) is 35.4 Å². The van der Waals surface area contributed by atoms with Crippen LogP contribution in [-0.2, 0) is 17.9 Å². The molecule has 3 aromatic rings. The lowest BCUT2D eigenvalue weighted by Gasteiger charge is -2.44. The Morgan fingerprint density at radius 3 is 2.82 bits per heavy atom. The lowest BCUT2D eigenvalue weighted by atomic mass is 9.92. The Morgan fingerprint density at radius 2 is 2.06 bits per heavy atom. The van der Waals surface area contributed by atoms with E-state index in [9.17, 15) is 13.6 Å². The second-order valence-electron chi connectivity index (χ2n) is 9.02. The maximum Gasteiger partial charge on any atom is 0.352 e. The Labute approximate surface area is 193 Å². The van der Waals surface area contributed by atoms with Crippen LogP contribution in [0.2, 0.25) is 0 Å². The van der Waals surface area contributed by atoms with E-state index >= 15 is 0 Å². The SMILES string of the molecule is Cc1cc(Oc2c(F)cc(COc3cc4n(c(=O)n3)CC[C@]35CO[C@H](CN43)C5)cc2F)ccn1. The van der Waals surface area contributed by atoms with E-state index in [0.717, 1.165) is 37.3 Å². The number of morpholine rings is 1. The van der Waals surface area contributed by atoms with Gasteiger partial charge in [-0.15, -0.1) is 0 Å². The molecule has 0 radical (unpaired) electrons. The molecule has 0 N–H and O–H groups in total. The van der Waals surface area contributed by atoms with Gasteiger partial charge in [-0.25, -0.2) is 13.6 Å². The molecule has 0 unspecified atom stereocenters. The molecule has 0 amide bonds. The molecular formula is C24H22F2N4O4. The zero-order chi connectivity index (χ0) is 23.4. The van der Waals surface area contributed by atoms with Gasteiger partial charge < -0.3 is 19.1 Å². The summed E-state index contributed by atoms with van der Waals surface area (Å²) in [6.07, 6.45) is 3.46. The van der Waals surface area contributed by atoms with Crippen LogP contribution < -0.4 is 20.1 Å². The number of pyridine rings is 1. The third-order valence-electron chi connectivity index (χ3n) is 6.73. The minimum Gasteiger partial charge on any atom is -0.473 e. The molecule has 0 saturated carbocycles. The fourth-order valence-corrected chi connectivity index (χ4v) is 5.12. The summed E-state index contributed by atoms with van der Waals surface area (Å²) in [6.45, 7) is 3.54. The van der Waals surface area contributed by atoms with Gasteiger partial charge in [-0.1, -0.05) is 0 Å². The smallest absolute Gasteiger partial charge is 0.352 e. The minimum atomic E-state index is -0.860. The van der Waals surface area contributed by atoms with Crippen molar-refractivity contribution in [2.24, 2.45) is 0 Å². The highest BCUT2D eigenvalue weighted by molar-refractivity contribution is 5.50. The van der Waals surface area contributed by atoms with E-state index in [1.54, 1.807) is 23.6 Å². The third kappa shape index (κ3) is 3.49. The number of halogens is 2. The van der Waals surface area contributed by atoms with Gasteiger partial charge in [0.2, 0.25) is 5.88 Å². The zero-order valence-electron chi connectivity index (χ0n) is 18.5. The first-order valence-electron chi connectivity index (χ1n) is 11.1. The number of benzene rings is 1. The summed E-state index contributed by atoms with van der Waals surface area (Å²) in [6, 6.07) is 7.11. The van der Waals surface area contributed by atoms with E-state index in [4.69, 9.17) is 14.2 Å². The van der Waals surface area contributed by atoms with Crippen LogP contribution in [0.5, 0.6) is 17.4 Å². The molecule has 2 aromatic heterocycles. The van der Waals surface area contributed by atoms with Gasteiger partial charge in [-0.3, -0.25) is 9.55 Å². The van der Waals surface area contributed by atoms with Crippen molar-refractivity contribution in [3.05, 3.63) is 69.9 Å². The predicted octanol–water partition coefficient (Wildman–Crippen LogP) is 3.35. The maximum absolute atomic E-state index is 14.6. The third-order valence-corrected chi connectivity index (χ3v) is 6.73. The molecule has 34 heavy (non-hydrogen) atoms. The lowest BCUT2D eigenvalue weighted by molar-refractivity contribution is 0.0776. The first kappa shape index (κ1) is 21.0. The Hall–Kier alpha value is -3.53. The van der Waals surface area contributed by atoms with Crippen molar-refractivity contribution >= 4 is 5.82 Å². The number of rotatable bonds is 5. The van der Waals surface area contributed by atoms with Crippen LogP contribution in [-0.4, -0.2) is 39.3 Å². The van der Waals surface area contributed by atoms with Crippen molar-refractivity contribution in [2.75, 3.05) is 18.1 Å². The van der Waals surface area contributed by atoms with E-state index in [1.165, 1.54) is 12.3 Å². The minimum absolute atomic E-state index is 0.0782. The largest absolute Gasteiger partial charge is 0.473 e. The summed E-state index contributed by atoms with van der Waals surface area (Å²) in [7, 11) is 0. The predicted molar refractivity (Wildman–Crippen MR) is 117 cm³/mol. The van der Waals surface area contributed by atoms with E-state index in [1.807, 2.05) is 0 Å². The summed E-state index contributed by atoms with van der Waals surface area (Å²) in [4.78, 5) is 22.9. The molecule has 10 heteroatoms. The number of aromatic nitrogens is 3. The number of nitrogens with zero attached hydrogens (tertiary/aromatic N) is 4. The van der Waals surface area contributed by atoms with Crippen LogP contribution in [0, 0.1) is 18.6 Å². The van der Waals surface area contributed by atoms with Gasteiger partial charge in [0.1, 0.15) is 18.2 Å². The fraction of sp³-hybridized carbons (Fsp3) is 0.375. The van der Waals surface area contributed by atoms with Crippen LogP contribution in [0.25, 0.3) is 0 Å². The van der Waals surface area contributed by atoms with Gasteiger partial charge in [0, 0.05) is 43.5 Å². The summed E-state index contributed by atoms with van der Waals surface area (Å²) < 4.78 is 47.8. The summed E-state index contributed by atoms with van der Waals surface area (Å²) in [5.74, 6) is -1.07. The first-order chi connectivity index (χ1) is 16.4. The van der Waals surface area contributed by atoms with Gasteiger partial charge in [-0.05, 0) is 37.1 Å². The number of hydrogen-bond acceptors (Lipinski definition) is 7. The number of hydrogen-bond donors (Lipinski definition) is 0. The molecule has 2 saturated heterocycles. The molecule has 2 bridgehead atoms. The number of fused-ring (bicyclic) bond motifs is 3. The van der Waals surface area contributed by atoms with Crippen molar-refractivity contribution in [3.63, 3.8) is 0 Å². The molecule has 3 aliphatic heterocycles. The Balaban J connectivity index is 1.21. The molecule has 1 spiro atoms. The zero-order valence-corrected chi connectivity index (χ0v) is 18.5. The van der Waals surface area contributed by atoms with Gasteiger partial charge in [0.05, 0.1) is 18.2 Å². The average Bonchev–Trinajstić information content (AvgIpc) is 3.38. The van der Waals surface area contributed by atoms with Crippen LogP contribution in [0.15, 0.2) is 41.3 Å². The second kappa shape index (κ2) is 7.76. The van der Waals surface area contributed by atoms with Crippen LogP contribution in [0.3, 0.4) is 0 Å². The summed E-state index contributed by atoms with van der Waals surface area (Å²) in [5.41, 5.74) is 0.431. The molecule has 176 valence electrons. The number of ether oxygens (including phenoxy) is 3. The van der Waals surface area contributed by atoms with Crippen molar-refractivity contribution in [2.45, 2.75) is 44.6 Å². The van der Waals surface area contributed by atoms with E-state index < -0.39 is 23.1 Å². The van der Waals surface area contributed by atoms with E-state index in [2.05, 4.69) is 14.9 Å². The first-order valence-corrected chi connectivity index (χ1v) is 11.1. The highest BCUT2D eigenvalue weighted by Gasteiger charge is 2.54. The second-order valence-corrected chi connectivity index (χ2v) is 9.02. The standard InChI is InChI=1S/C24H22F2N4O4/c1-14-6-16(2-4-27-14)34-22-18(25)7-15(8-19(22)26)12-32-20-9-21-29(23(31)28-20)5-3-24-10-17(33-13-24)11-30(21)24/h2,4,6-9,17H,3,5,10-13H2,1H3/t17-,24-/m0/s1. The van der Waals surface area contributed by atoms with Crippen molar-refractivity contribution in [1.29, 1.82) is 0 Å². The van der Waals surface area contributed by atoms with Gasteiger partial charge in [-0.2, -0.15) is 4.98 Å². The molecule has 2 atom stereocenters. The molecule has 0 aliphatic carbocycles. The molecule has 2 fully saturated rings. The topological polar surface area (TPSA) is 78.7 Å². The van der Waals surface area contributed by atoms with Gasteiger partial charge >= 0.3 is 5.69 Å². The van der Waals surface area contributed by atoms with Crippen LogP contribution in [0.1, 0.15) is 24.1 Å². The molecular weight excluding hydrogens is 446 g/mol. The van der Waals surface area contributed by atoms with Gasteiger partial charge in [0.25, 0.3) is 0 Å². The van der Waals surface area contributed by atoms with Crippen molar-refractivity contribution in [3.8, 4) is 17.4 Å². The Kier molecular flexibility index (Phi) is 4.80. The molecule has 5 heterocycles. The number of aryl methyl sites for hydroxylation is 1. The van der Waals surface area contributed by atoms with Crippen LogP contribution in [0.4, 0.5) is 14.6 Å². The van der Waals surface area contributed by atoms with Crippen LogP contribution >= 0.6 is 0 Å². The quantitative estimate of drug-likeness (QED) is 0.568. The Morgan fingerprint density at radius 1 is 1.24 bits per heavy atom. The summed E-state index contributed by atoms with van der Waals surface area (Å²) in [5, 5.41) is 0. The monoisotopic (exact) mass is 468 g/mol. The summed E-state index contributed by atoms with van der Waals surface area (Å²) >= 11 is 0. The van der Waals surface area contributed by atoms with Crippen molar-refractivity contribution in [1.82, 2.24) is 14.5 Å². The fourth-order valence-electron chi connectivity index (χ4n) is 5.12. The molecule has 3 aliphatic rings. The van der Waals surface area contributed by atoms with Crippen molar-refractivity contribution < 1.29 is 23.0 Å². The Bertz CT molecular complexity index is 1320. The molecule has 8 nitrogen and oxygen atoms in total. The average molecular weight is 468 g/mol.